The number of ether oxygens (including phenoxy) is 1. The van der Waals surface area contributed by atoms with Crippen molar-refractivity contribution in [3.05, 3.63) is 42.0 Å². The molecule has 1 amide bonds. The normalized spacial score (nSPS) is 17.5. The Morgan fingerprint density at radius 2 is 1.72 bits per heavy atom. The van der Waals surface area contributed by atoms with Crippen LogP contribution in [0.2, 0.25) is 0 Å². The predicted molar refractivity (Wildman–Crippen MR) is 120 cm³/mol. The highest BCUT2D eigenvalue weighted by molar-refractivity contribution is 5.92. The van der Waals surface area contributed by atoms with E-state index in [2.05, 4.69) is 12.3 Å². The van der Waals surface area contributed by atoms with Crippen LogP contribution in [0.25, 0.3) is 10.8 Å². The fraction of sp³-hybridized carbons (Fsp3) is 0.560. The first-order valence-electron chi connectivity index (χ1n) is 11.4. The summed E-state index contributed by atoms with van der Waals surface area (Å²) >= 11 is 0. The van der Waals surface area contributed by atoms with Gasteiger partial charge in [-0.25, -0.2) is 5.01 Å². The van der Waals surface area contributed by atoms with Crippen molar-refractivity contribution >= 4 is 16.7 Å². The van der Waals surface area contributed by atoms with Gasteiger partial charge in [0.05, 0.1) is 12.0 Å². The monoisotopic (exact) mass is 450 g/mol. The lowest BCUT2D eigenvalue weighted by molar-refractivity contribution is -0.191. The standard InChI is InChI=1S/C25H33F3N2O2/c1-4-5-6-7-8-9-16-32-20-15-11-13-18-12-10-14-19(21(18)20)22(25(26,27)28)30-17-24(2,3)23(31)29-30/h10-15,22H,4-9,16-17H2,1-3H3,(H,29,31)/t22-/m0/s1. The zero-order valence-corrected chi connectivity index (χ0v) is 19.1. The number of halogens is 3. The molecule has 4 nitrogen and oxygen atoms in total. The van der Waals surface area contributed by atoms with Crippen molar-refractivity contribution in [1.82, 2.24) is 10.4 Å². The number of rotatable bonds is 10. The van der Waals surface area contributed by atoms with Crippen molar-refractivity contribution in [3.63, 3.8) is 0 Å². The third kappa shape index (κ3) is 5.55. The Labute approximate surface area is 188 Å². The Hall–Kier alpha value is -2.28. The number of unbranched alkanes of at least 4 members (excludes halogenated alkanes) is 5. The Bertz CT molecular complexity index is 922. The number of carbonyl (C=O) groups excluding carboxylic acids is 1. The van der Waals surface area contributed by atoms with E-state index < -0.39 is 23.5 Å². The van der Waals surface area contributed by atoms with Crippen molar-refractivity contribution in [1.29, 1.82) is 0 Å². The number of amides is 1. The summed E-state index contributed by atoms with van der Waals surface area (Å²) in [4.78, 5) is 12.2. The van der Waals surface area contributed by atoms with Gasteiger partial charge in [0.2, 0.25) is 5.91 Å². The highest BCUT2D eigenvalue weighted by atomic mass is 19.4. The molecule has 0 unspecified atom stereocenters. The molecule has 0 saturated carbocycles. The molecule has 1 N–H and O–H groups in total. The van der Waals surface area contributed by atoms with Crippen molar-refractivity contribution in [2.75, 3.05) is 13.2 Å². The summed E-state index contributed by atoms with van der Waals surface area (Å²) < 4.78 is 48.9. The van der Waals surface area contributed by atoms with E-state index >= 15 is 0 Å². The molecule has 1 fully saturated rings. The van der Waals surface area contributed by atoms with Crippen molar-refractivity contribution in [2.24, 2.45) is 5.41 Å². The van der Waals surface area contributed by atoms with E-state index in [1.807, 2.05) is 0 Å². The summed E-state index contributed by atoms with van der Waals surface area (Å²) in [6.07, 6.45) is 2.06. The maximum absolute atomic E-state index is 14.3. The molecule has 32 heavy (non-hydrogen) atoms. The van der Waals surface area contributed by atoms with Crippen LogP contribution in [0.1, 0.15) is 70.9 Å². The number of nitrogens with zero attached hydrogens (tertiary/aromatic N) is 1. The molecule has 176 valence electrons. The molecule has 2 aromatic carbocycles. The van der Waals surface area contributed by atoms with Gasteiger partial charge in [0.1, 0.15) is 5.75 Å². The summed E-state index contributed by atoms with van der Waals surface area (Å²) in [5.74, 6) is 0.0391. The van der Waals surface area contributed by atoms with Crippen molar-refractivity contribution in [2.45, 2.75) is 71.5 Å². The van der Waals surface area contributed by atoms with E-state index in [0.717, 1.165) is 24.3 Å². The third-order valence-electron chi connectivity index (χ3n) is 6.00. The third-order valence-corrected chi connectivity index (χ3v) is 6.00. The van der Waals surface area contributed by atoms with Gasteiger partial charge in [-0.05, 0) is 37.3 Å². The van der Waals surface area contributed by atoms with Crippen LogP contribution in [-0.4, -0.2) is 30.2 Å². The van der Waals surface area contributed by atoms with Gasteiger partial charge in [-0.1, -0.05) is 69.4 Å². The minimum absolute atomic E-state index is 0.0345. The fourth-order valence-corrected chi connectivity index (χ4v) is 4.24. The molecule has 2 aromatic rings. The van der Waals surface area contributed by atoms with Gasteiger partial charge in [-0.3, -0.25) is 10.2 Å². The molecule has 0 aliphatic carbocycles. The smallest absolute Gasteiger partial charge is 0.409 e. The van der Waals surface area contributed by atoms with E-state index in [4.69, 9.17) is 4.74 Å². The number of hydrogen-bond donors (Lipinski definition) is 1. The van der Waals surface area contributed by atoms with Gasteiger partial charge in [0, 0.05) is 11.9 Å². The quantitative estimate of drug-likeness (QED) is 0.417. The maximum atomic E-state index is 14.3. The molecule has 1 aliphatic heterocycles. The first-order chi connectivity index (χ1) is 15.1. The first-order valence-corrected chi connectivity index (χ1v) is 11.4. The van der Waals surface area contributed by atoms with E-state index in [1.165, 1.54) is 25.3 Å². The number of benzene rings is 2. The molecular weight excluding hydrogens is 417 g/mol. The van der Waals surface area contributed by atoms with Gasteiger partial charge >= 0.3 is 6.18 Å². The molecule has 1 saturated heterocycles. The number of hydrogen-bond acceptors (Lipinski definition) is 3. The predicted octanol–water partition coefficient (Wildman–Crippen LogP) is 6.56. The van der Waals surface area contributed by atoms with Crippen LogP contribution in [0.3, 0.4) is 0 Å². The summed E-state index contributed by atoms with van der Waals surface area (Å²) in [6, 6.07) is 8.24. The lowest BCUT2D eigenvalue weighted by Crippen LogP contribution is -2.43. The Morgan fingerprint density at radius 3 is 2.34 bits per heavy atom. The Balaban J connectivity index is 1.89. The average Bonchev–Trinajstić information content (AvgIpc) is 2.98. The lowest BCUT2D eigenvalue weighted by atomic mass is 9.93. The molecule has 1 heterocycles. The van der Waals surface area contributed by atoms with Crippen LogP contribution in [0.5, 0.6) is 5.75 Å². The minimum atomic E-state index is -4.58. The fourth-order valence-electron chi connectivity index (χ4n) is 4.24. The molecule has 0 aromatic heterocycles. The Kier molecular flexibility index (Phi) is 7.70. The summed E-state index contributed by atoms with van der Waals surface area (Å²) in [5.41, 5.74) is 1.64. The first kappa shape index (κ1) is 24.4. The van der Waals surface area contributed by atoms with Crippen LogP contribution < -0.4 is 10.2 Å². The summed E-state index contributed by atoms with van der Waals surface area (Å²) in [5, 5.41) is 2.14. The van der Waals surface area contributed by atoms with Crippen molar-refractivity contribution < 1.29 is 22.7 Å². The molecule has 1 aliphatic rings. The van der Waals surface area contributed by atoms with E-state index in [1.54, 1.807) is 44.2 Å². The number of carbonyl (C=O) groups is 1. The minimum Gasteiger partial charge on any atom is -0.493 e. The average molecular weight is 451 g/mol. The molecule has 0 bridgehead atoms. The van der Waals surface area contributed by atoms with E-state index in [0.29, 0.717) is 23.1 Å². The maximum Gasteiger partial charge on any atom is 0.409 e. The molecule has 1 atom stereocenters. The molecule has 7 heteroatoms. The highest BCUT2D eigenvalue weighted by Gasteiger charge is 2.51. The Morgan fingerprint density at radius 1 is 1.06 bits per heavy atom. The van der Waals surface area contributed by atoms with E-state index in [-0.39, 0.29) is 12.1 Å². The molecular formula is C25H33F3N2O2. The van der Waals surface area contributed by atoms with Gasteiger partial charge in [-0.15, -0.1) is 0 Å². The zero-order chi connectivity index (χ0) is 23.4. The number of fused-ring (bicyclic) bond motifs is 1. The van der Waals surface area contributed by atoms with Gasteiger partial charge in [-0.2, -0.15) is 13.2 Å². The molecule has 0 spiro atoms. The van der Waals surface area contributed by atoms with Gasteiger partial charge in [0.25, 0.3) is 0 Å². The number of hydrazine groups is 1. The number of alkyl halides is 3. The molecule has 3 rings (SSSR count). The van der Waals surface area contributed by atoms with Crippen LogP contribution in [0.15, 0.2) is 36.4 Å². The van der Waals surface area contributed by atoms with Crippen LogP contribution in [-0.2, 0) is 4.79 Å². The van der Waals surface area contributed by atoms with Gasteiger partial charge < -0.3 is 4.74 Å². The second-order valence-electron chi connectivity index (χ2n) is 9.21. The van der Waals surface area contributed by atoms with Crippen LogP contribution in [0.4, 0.5) is 13.2 Å². The van der Waals surface area contributed by atoms with Crippen molar-refractivity contribution in [3.8, 4) is 5.75 Å². The second-order valence-corrected chi connectivity index (χ2v) is 9.21. The largest absolute Gasteiger partial charge is 0.493 e. The van der Waals surface area contributed by atoms with Crippen LogP contribution in [0, 0.1) is 5.41 Å². The highest BCUT2D eigenvalue weighted by Crippen LogP contribution is 2.44. The summed E-state index contributed by atoms with van der Waals surface area (Å²) in [6.45, 7) is 5.89. The summed E-state index contributed by atoms with van der Waals surface area (Å²) in [7, 11) is 0. The zero-order valence-electron chi connectivity index (χ0n) is 19.1. The number of nitrogens with one attached hydrogen (secondary N) is 1. The van der Waals surface area contributed by atoms with Crippen LogP contribution >= 0.6 is 0 Å². The lowest BCUT2D eigenvalue weighted by Gasteiger charge is -2.31. The second kappa shape index (κ2) is 10.1. The topological polar surface area (TPSA) is 41.6 Å². The van der Waals surface area contributed by atoms with Gasteiger partial charge in [0.15, 0.2) is 6.04 Å². The SMILES string of the molecule is CCCCCCCCOc1cccc2cccc([C@H](N3CC(C)(C)C(=O)N3)C(F)(F)F)c12. The van der Waals surface area contributed by atoms with E-state index in [9.17, 15) is 18.0 Å². The molecule has 0 radical (unpaired) electrons.